The number of oxazole rings is 1. The van der Waals surface area contributed by atoms with Crippen molar-refractivity contribution in [2.24, 2.45) is 0 Å². The van der Waals surface area contributed by atoms with Gasteiger partial charge in [0, 0.05) is 24.6 Å². The normalized spacial score (nSPS) is 14.6. The highest BCUT2D eigenvalue weighted by molar-refractivity contribution is 7.99. The van der Waals surface area contributed by atoms with Crippen LogP contribution in [0.15, 0.2) is 34.9 Å². The van der Waals surface area contributed by atoms with Crippen molar-refractivity contribution >= 4 is 17.7 Å². The Morgan fingerprint density at radius 2 is 1.96 bits per heavy atom. The highest BCUT2D eigenvalue weighted by Crippen LogP contribution is 2.18. The van der Waals surface area contributed by atoms with Crippen LogP contribution in [0.3, 0.4) is 0 Å². The fourth-order valence-corrected chi connectivity index (χ4v) is 3.12. The summed E-state index contributed by atoms with van der Waals surface area (Å²) < 4.78 is 16.0. The second-order valence-electron chi connectivity index (χ2n) is 5.00. The van der Waals surface area contributed by atoms with Crippen LogP contribution in [0.1, 0.15) is 16.4 Å². The van der Waals surface area contributed by atoms with E-state index in [1.54, 1.807) is 19.2 Å². The quantitative estimate of drug-likeness (QED) is 0.837. The number of benzene rings is 1. The number of carbonyl (C=O) groups excluding carboxylic acids is 1. The number of nitrogens with zero attached hydrogens (tertiary/aromatic N) is 2. The topological polar surface area (TPSA) is 64.8 Å². The minimum atomic E-state index is -0.0789. The van der Waals surface area contributed by atoms with Gasteiger partial charge >= 0.3 is 0 Å². The standard InChI is InChI=1S/C16H18N2O4S/c1-20-12-2-4-13(5-3-12)21-11-15-17-14(10-22-15)16(19)18-6-8-23-9-7-18/h2-5,10H,6-9,11H2,1H3. The van der Waals surface area contributed by atoms with E-state index in [4.69, 9.17) is 13.9 Å². The molecule has 1 aliphatic rings. The van der Waals surface area contributed by atoms with E-state index < -0.39 is 0 Å². The molecule has 1 aromatic carbocycles. The molecule has 2 heterocycles. The molecule has 2 aromatic rings. The van der Waals surface area contributed by atoms with Gasteiger partial charge in [0.25, 0.3) is 5.91 Å². The first-order valence-corrected chi connectivity index (χ1v) is 8.50. The maximum atomic E-state index is 12.3. The Morgan fingerprint density at radius 1 is 1.26 bits per heavy atom. The number of rotatable bonds is 5. The molecule has 1 aromatic heterocycles. The summed E-state index contributed by atoms with van der Waals surface area (Å²) in [6.07, 6.45) is 1.40. The summed E-state index contributed by atoms with van der Waals surface area (Å²) in [4.78, 5) is 18.3. The smallest absolute Gasteiger partial charge is 0.275 e. The first kappa shape index (κ1) is 15.7. The summed E-state index contributed by atoms with van der Waals surface area (Å²) in [6, 6.07) is 7.24. The van der Waals surface area contributed by atoms with Gasteiger partial charge in [-0.1, -0.05) is 0 Å². The van der Waals surface area contributed by atoms with Crippen LogP contribution < -0.4 is 9.47 Å². The number of methoxy groups -OCH3 is 1. The maximum Gasteiger partial charge on any atom is 0.275 e. The molecule has 1 amide bonds. The van der Waals surface area contributed by atoms with Crippen molar-refractivity contribution in [2.75, 3.05) is 31.7 Å². The molecule has 0 unspecified atom stereocenters. The summed E-state index contributed by atoms with van der Waals surface area (Å²) in [6.45, 7) is 1.69. The highest BCUT2D eigenvalue weighted by Gasteiger charge is 2.21. The molecule has 6 nitrogen and oxygen atoms in total. The predicted molar refractivity (Wildman–Crippen MR) is 87.1 cm³/mol. The summed E-state index contributed by atoms with van der Waals surface area (Å²) in [5.74, 6) is 3.69. The monoisotopic (exact) mass is 334 g/mol. The number of amides is 1. The lowest BCUT2D eigenvalue weighted by Gasteiger charge is -2.25. The minimum absolute atomic E-state index is 0.0789. The van der Waals surface area contributed by atoms with Crippen LogP contribution in [0, 0.1) is 0 Å². The molecule has 7 heteroatoms. The number of hydrogen-bond acceptors (Lipinski definition) is 6. The SMILES string of the molecule is COc1ccc(OCc2nc(C(=O)N3CCSCC3)co2)cc1. The maximum absolute atomic E-state index is 12.3. The number of aromatic nitrogens is 1. The molecule has 1 saturated heterocycles. The van der Waals surface area contributed by atoms with Gasteiger partial charge in [0.1, 0.15) is 17.8 Å². The minimum Gasteiger partial charge on any atom is -0.497 e. The third-order valence-electron chi connectivity index (χ3n) is 3.49. The van der Waals surface area contributed by atoms with Crippen molar-refractivity contribution in [3.63, 3.8) is 0 Å². The molecule has 0 N–H and O–H groups in total. The van der Waals surface area contributed by atoms with Crippen LogP contribution in [-0.4, -0.2) is 47.5 Å². The van der Waals surface area contributed by atoms with Crippen molar-refractivity contribution in [2.45, 2.75) is 6.61 Å². The van der Waals surface area contributed by atoms with Gasteiger partial charge in [-0.05, 0) is 24.3 Å². The van der Waals surface area contributed by atoms with Crippen LogP contribution in [-0.2, 0) is 6.61 Å². The Hall–Kier alpha value is -2.15. The lowest BCUT2D eigenvalue weighted by molar-refractivity contribution is 0.0766. The fraction of sp³-hybridized carbons (Fsp3) is 0.375. The van der Waals surface area contributed by atoms with Crippen molar-refractivity contribution in [3.8, 4) is 11.5 Å². The van der Waals surface area contributed by atoms with Crippen molar-refractivity contribution in [1.29, 1.82) is 0 Å². The van der Waals surface area contributed by atoms with Gasteiger partial charge in [0.15, 0.2) is 12.3 Å². The van der Waals surface area contributed by atoms with Gasteiger partial charge in [0.2, 0.25) is 5.89 Å². The summed E-state index contributed by atoms with van der Waals surface area (Å²) in [5.41, 5.74) is 0.338. The Kier molecular flexibility index (Phi) is 5.07. The van der Waals surface area contributed by atoms with Gasteiger partial charge in [0.05, 0.1) is 7.11 Å². The number of carbonyl (C=O) groups is 1. The average Bonchev–Trinajstić information content (AvgIpc) is 3.09. The zero-order valence-electron chi connectivity index (χ0n) is 12.9. The van der Waals surface area contributed by atoms with Crippen LogP contribution in [0.2, 0.25) is 0 Å². The molecular weight excluding hydrogens is 316 g/mol. The molecule has 0 saturated carbocycles. The number of thioether (sulfide) groups is 1. The second-order valence-corrected chi connectivity index (χ2v) is 6.22. The molecule has 3 rings (SSSR count). The predicted octanol–water partition coefficient (Wildman–Crippen LogP) is 2.45. The Labute approximate surface area is 138 Å². The van der Waals surface area contributed by atoms with E-state index >= 15 is 0 Å². The lowest BCUT2D eigenvalue weighted by Crippen LogP contribution is -2.38. The molecule has 0 spiro atoms. The van der Waals surface area contributed by atoms with E-state index in [1.165, 1.54) is 6.26 Å². The molecule has 0 atom stereocenters. The highest BCUT2D eigenvalue weighted by atomic mass is 32.2. The van der Waals surface area contributed by atoms with Crippen LogP contribution in [0.5, 0.6) is 11.5 Å². The lowest BCUT2D eigenvalue weighted by atomic mass is 10.3. The molecule has 1 aliphatic heterocycles. The van der Waals surface area contributed by atoms with Crippen LogP contribution in [0.4, 0.5) is 0 Å². The molecule has 122 valence electrons. The Bertz CT molecular complexity index is 650. The number of hydrogen-bond donors (Lipinski definition) is 0. The third kappa shape index (κ3) is 3.98. The Balaban J connectivity index is 1.57. The van der Waals surface area contributed by atoms with Gasteiger partial charge in [-0.25, -0.2) is 4.98 Å². The largest absolute Gasteiger partial charge is 0.497 e. The first-order chi connectivity index (χ1) is 11.3. The van der Waals surface area contributed by atoms with E-state index in [0.29, 0.717) is 17.3 Å². The second kappa shape index (κ2) is 7.41. The molecule has 23 heavy (non-hydrogen) atoms. The van der Waals surface area contributed by atoms with E-state index in [1.807, 2.05) is 28.8 Å². The van der Waals surface area contributed by atoms with Crippen LogP contribution >= 0.6 is 11.8 Å². The first-order valence-electron chi connectivity index (χ1n) is 7.34. The van der Waals surface area contributed by atoms with Crippen molar-refractivity contribution < 1.29 is 18.7 Å². The molecular formula is C16H18N2O4S. The van der Waals surface area contributed by atoms with E-state index in [-0.39, 0.29) is 12.5 Å². The van der Waals surface area contributed by atoms with Gasteiger partial charge in [-0.15, -0.1) is 0 Å². The number of ether oxygens (including phenoxy) is 2. The zero-order chi connectivity index (χ0) is 16.1. The van der Waals surface area contributed by atoms with Crippen LogP contribution in [0.25, 0.3) is 0 Å². The van der Waals surface area contributed by atoms with Crippen molar-refractivity contribution in [1.82, 2.24) is 9.88 Å². The van der Waals surface area contributed by atoms with E-state index in [0.717, 1.165) is 30.3 Å². The van der Waals surface area contributed by atoms with Crippen molar-refractivity contribution in [3.05, 3.63) is 42.1 Å². The molecule has 0 radical (unpaired) electrons. The summed E-state index contributed by atoms with van der Waals surface area (Å²) in [5, 5.41) is 0. The molecule has 0 bridgehead atoms. The summed E-state index contributed by atoms with van der Waals surface area (Å²) >= 11 is 1.86. The fourth-order valence-electron chi connectivity index (χ4n) is 2.22. The summed E-state index contributed by atoms with van der Waals surface area (Å²) in [7, 11) is 1.61. The van der Waals surface area contributed by atoms with E-state index in [2.05, 4.69) is 4.98 Å². The van der Waals surface area contributed by atoms with Gasteiger partial charge in [-0.3, -0.25) is 4.79 Å². The third-order valence-corrected chi connectivity index (χ3v) is 4.43. The average molecular weight is 334 g/mol. The van der Waals surface area contributed by atoms with Gasteiger partial charge < -0.3 is 18.8 Å². The van der Waals surface area contributed by atoms with Gasteiger partial charge in [-0.2, -0.15) is 11.8 Å². The van der Waals surface area contributed by atoms with E-state index in [9.17, 15) is 4.79 Å². The Morgan fingerprint density at radius 3 is 2.65 bits per heavy atom. The molecule has 1 fully saturated rings. The molecule has 0 aliphatic carbocycles. The zero-order valence-corrected chi connectivity index (χ0v) is 13.7.